The molecule has 4 rings (SSSR count). The van der Waals surface area contributed by atoms with E-state index in [9.17, 15) is 14.4 Å². The fourth-order valence-corrected chi connectivity index (χ4v) is 3.87. The zero-order chi connectivity index (χ0) is 22.3. The van der Waals surface area contributed by atoms with E-state index in [0.29, 0.717) is 10.7 Å². The van der Waals surface area contributed by atoms with E-state index >= 15 is 0 Å². The molecule has 0 aliphatic carbocycles. The van der Waals surface area contributed by atoms with Crippen LogP contribution in [0.4, 0.5) is 11.4 Å². The second-order valence-electron chi connectivity index (χ2n) is 7.68. The Labute approximate surface area is 183 Å². The standard InChI is InChI=1S/C21H23ClN6O3/c1-25-8-10-28(11-9-25)17-7-4-13(22)12-16(17)24-19(29)15-6-5-14-18(23-15)26(2)21(31)27(3)20(14)30/h4-7,12H,8-11H2,1-3H3,(H,24,29). The van der Waals surface area contributed by atoms with Gasteiger partial charge in [0.1, 0.15) is 11.3 Å². The first-order chi connectivity index (χ1) is 14.8. The molecule has 1 fully saturated rings. The summed E-state index contributed by atoms with van der Waals surface area (Å²) in [6, 6.07) is 8.39. The molecular formula is C21H23ClN6O3. The quantitative estimate of drug-likeness (QED) is 0.657. The van der Waals surface area contributed by atoms with Crippen molar-refractivity contribution in [2.45, 2.75) is 0 Å². The molecule has 1 aromatic carbocycles. The zero-order valence-electron chi connectivity index (χ0n) is 17.6. The van der Waals surface area contributed by atoms with Crippen LogP contribution in [-0.4, -0.2) is 58.2 Å². The Morgan fingerprint density at radius 1 is 1.00 bits per heavy atom. The molecule has 0 spiro atoms. The molecule has 0 atom stereocenters. The van der Waals surface area contributed by atoms with Gasteiger partial charge in [-0.3, -0.25) is 18.7 Å². The van der Waals surface area contributed by atoms with Gasteiger partial charge < -0.3 is 15.1 Å². The summed E-state index contributed by atoms with van der Waals surface area (Å²) in [5.74, 6) is -0.451. The first-order valence-electron chi connectivity index (χ1n) is 9.87. The summed E-state index contributed by atoms with van der Waals surface area (Å²) >= 11 is 6.19. The number of benzene rings is 1. The molecule has 10 heteroatoms. The number of aromatic nitrogens is 3. The van der Waals surface area contributed by atoms with Gasteiger partial charge in [-0.25, -0.2) is 9.78 Å². The van der Waals surface area contributed by atoms with Crippen LogP contribution in [0.5, 0.6) is 0 Å². The number of amides is 1. The van der Waals surface area contributed by atoms with Crippen LogP contribution >= 0.6 is 11.6 Å². The SMILES string of the molecule is CN1CCN(c2ccc(Cl)cc2NC(=O)c2ccc3c(=O)n(C)c(=O)n(C)c3n2)CC1. The van der Waals surface area contributed by atoms with Gasteiger partial charge in [-0.05, 0) is 37.4 Å². The van der Waals surface area contributed by atoms with Crippen LogP contribution < -0.4 is 21.5 Å². The lowest BCUT2D eigenvalue weighted by Gasteiger charge is -2.35. The van der Waals surface area contributed by atoms with Crippen LogP contribution in [0.25, 0.3) is 11.0 Å². The largest absolute Gasteiger partial charge is 0.367 e. The molecule has 1 aliphatic rings. The number of anilines is 2. The number of carbonyl (C=O) groups is 1. The van der Waals surface area contributed by atoms with E-state index < -0.39 is 17.2 Å². The van der Waals surface area contributed by atoms with Gasteiger partial charge in [0.05, 0.1) is 16.8 Å². The van der Waals surface area contributed by atoms with Crippen LogP contribution in [0.3, 0.4) is 0 Å². The maximum atomic E-state index is 13.0. The van der Waals surface area contributed by atoms with Crippen molar-refractivity contribution in [1.29, 1.82) is 0 Å². The maximum absolute atomic E-state index is 13.0. The number of halogens is 1. The third-order valence-electron chi connectivity index (χ3n) is 5.59. The third kappa shape index (κ3) is 3.94. The number of nitrogens with zero attached hydrogens (tertiary/aromatic N) is 5. The number of rotatable bonds is 3. The molecular weight excluding hydrogens is 420 g/mol. The van der Waals surface area contributed by atoms with Gasteiger partial charge in [-0.15, -0.1) is 0 Å². The summed E-state index contributed by atoms with van der Waals surface area (Å²) in [4.78, 5) is 46.3. The minimum Gasteiger partial charge on any atom is -0.367 e. The lowest BCUT2D eigenvalue weighted by molar-refractivity contribution is 0.102. The first kappa shape index (κ1) is 21.1. The highest BCUT2D eigenvalue weighted by Gasteiger charge is 2.20. The minimum absolute atomic E-state index is 0.0973. The molecule has 0 bridgehead atoms. The first-order valence-corrected chi connectivity index (χ1v) is 10.2. The van der Waals surface area contributed by atoms with Gasteiger partial charge in [0.15, 0.2) is 0 Å². The highest BCUT2D eigenvalue weighted by atomic mass is 35.5. The summed E-state index contributed by atoms with van der Waals surface area (Å²) in [5.41, 5.74) is 0.764. The smallest absolute Gasteiger partial charge is 0.332 e. The number of hydrogen-bond acceptors (Lipinski definition) is 6. The molecule has 1 saturated heterocycles. The Kier molecular flexibility index (Phi) is 5.55. The predicted molar refractivity (Wildman–Crippen MR) is 121 cm³/mol. The van der Waals surface area contributed by atoms with E-state index in [1.165, 1.54) is 30.8 Å². The van der Waals surface area contributed by atoms with Crippen LogP contribution in [0, 0.1) is 0 Å². The van der Waals surface area contributed by atoms with E-state index in [4.69, 9.17) is 11.6 Å². The number of pyridine rings is 1. The monoisotopic (exact) mass is 442 g/mol. The summed E-state index contributed by atoms with van der Waals surface area (Å²) < 4.78 is 2.26. The van der Waals surface area contributed by atoms with Crippen molar-refractivity contribution in [3.63, 3.8) is 0 Å². The summed E-state index contributed by atoms with van der Waals surface area (Å²) in [6.07, 6.45) is 0. The van der Waals surface area contributed by atoms with Crippen LogP contribution in [-0.2, 0) is 14.1 Å². The second-order valence-corrected chi connectivity index (χ2v) is 8.12. The Bertz CT molecular complexity index is 1290. The Morgan fingerprint density at radius 3 is 2.42 bits per heavy atom. The van der Waals surface area contributed by atoms with Crippen LogP contribution in [0.15, 0.2) is 39.9 Å². The predicted octanol–water partition coefficient (Wildman–Crippen LogP) is 1.29. The molecule has 2 aromatic heterocycles. The van der Waals surface area contributed by atoms with E-state index in [2.05, 4.69) is 27.1 Å². The number of likely N-dealkylation sites (N-methyl/N-ethyl adjacent to an activating group) is 1. The molecule has 9 nitrogen and oxygen atoms in total. The van der Waals surface area contributed by atoms with E-state index in [1.807, 2.05) is 6.07 Å². The highest BCUT2D eigenvalue weighted by molar-refractivity contribution is 6.31. The average Bonchev–Trinajstić information content (AvgIpc) is 2.76. The second kappa shape index (κ2) is 8.16. The number of carbonyl (C=O) groups excluding carboxylic acids is 1. The zero-order valence-corrected chi connectivity index (χ0v) is 18.3. The lowest BCUT2D eigenvalue weighted by Crippen LogP contribution is -2.44. The topological polar surface area (TPSA) is 92.5 Å². The summed E-state index contributed by atoms with van der Waals surface area (Å²) in [5, 5.41) is 3.66. The molecule has 1 aliphatic heterocycles. The normalized spacial score (nSPS) is 14.8. The van der Waals surface area contributed by atoms with Crippen LogP contribution in [0.1, 0.15) is 10.5 Å². The van der Waals surface area contributed by atoms with Gasteiger partial charge in [0, 0.05) is 45.3 Å². The Morgan fingerprint density at radius 2 is 1.71 bits per heavy atom. The third-order valence-corrected chi connectivity index (χ3v) is 5.82. The van der Waals surface area contributed by atoms with E-state index in [-0.39, 0.29) is 16.7 Å². The Hall–Kier alpha value is -3.17. The lowest BCUT2D eigenvalue weighted by atomic mass is 10.2. The van der Waals surface area contributed by atoms with E-state index in [1.54, 1.807) is 12.1 Å². The summed E-state index contributed by atoms with van der Waals surface area (Å²) in [6.45, 7) is 3.51. The van der Waals surface area contributed by atoms with Crippen molar-refractivity contribution >= 4 is 39.9 Å². The van der Waals surface area contributed by atoms with Gasteiger partial charge in [-0.1, -0.05) is 11.6 Å². The van der Waals surface area contributed by atoms with Crippen molar-refractivity contribution in [2.24, 2.45) is 14.1 Å². The van der Waals surface area contributed by atoms with Gasteiger partial charge in [0.25, 0.3) is 11.5 Å². The molecule has 1 amide bonds. The van der Waals surface area contributed by atoms with Gasteiger partial charge in [0.2, 0.25) is 0 Å². The summed E-state index contributed by atoms with van der Waals surface area (Å²) in [7, 11) is 5.00. The van der Waals surface area contributed by atoms with Crippen molar-refractivity contribution in [1.82, 2.24) is 19.0 Å². The fraction of sp³-hybridized carbons (Fsp3) is 0.333. The molecule has 0 saturated carbocycles. The van der Waals surface area contributed by atoms with Crippen molar-refractivity contribution in [2.75, 3.05) is 43.4 Å². The van der Waals surface area contributed by atoms with Crippen molar-refractivity contribution in [3.05, 3.63) is 61.9 Å². The van der Waals surface area contributed by atoms with Crippen molar-refractivity contribution in [3.8, 4) is 0 Å². The number of piperazine rings is 1. The number of hydrogen-bond donors (Lipinski definition) is 1. The Balaban J connectivity index is 1.69. The molecule has 3 aromatic rings. The molecule has 3 heterocycles. The maximum Gasteiger partial charge on any atom is 0.332 e. The highest BCUT2D eigenvalue weighted by Crippen LogP contribution is 2.30. The van der Waals surface area contributed by atoms with E-state index in [0.717, 1.165) is 36.4 Å². The molecule has 0 unspecified atom stereocenters. The number of aryl methyl sites for hydroxylation is 1. The van der Waals surface area contributed by atoms with Gasteiger partial charge >= 0.3 is 5.69 Å². The minimum atomic E-state index is -0.505. The van der Waals surface area contributed by atoms with Gasteiger partial charge in [-0.2, -0.15) is 0 Å². The molecule has 1 N–H and O–H groups in total. The number of nitrogens with one attached hydrogen (secondary N) is 1. The van der Waals surface area contributed by atoms with Crippen molar-refractivity contribution < 1.29 is 4.79 Å². The molecule has 0 radical (unpaired) electrons. The fourth-order valence-electron chi connectivity index (χ4n) is 3.70. The number of fused-ring (bicyclic) bond motifs is 1. The molecule has 162 valence electrons. The molecule has 31 heavy (non-hydrogen) atoms. The van der Waals surface area contributed by atoms with Crippen LogP contribution in [0.2, 0.25) is 5.02 Å². The average molecular weight is 443 g/mol.